The van der Waals surface area contributed by atoms with Crippen LogP contribution in [-0.2, 0) is 4.79 Å². The smallest absolute Gasteiger partial charge is 0.133 e. The van der Waals surface area contributed by atoms with E-state index in [4.69, 9.17) is 0 Å². The van der Waals surface area contributed by atoms with Gasteiger partial charge in [-0.2, -0.15) is 0 Å². The summed E-state index contributed by atoms with van der Waals surface area (Å²) in [4.78, 5) is 11.1. The van der Waals surface area contributed by atoms with E-state index in [0.29, 0.717) is 43.3 Å². The molecule has 1 N–H and O–H groups in total. The van der Waals surface area contributed by atoms with Gasteiger partial charge in [-0.05, 0) is 31.1 Å². The predicted octanol–water partition coefficient (Wildman–Crippen LogP) is 2.54. The van der Waals surface area contributed by atoms with Crippen molar-refractivity contribution >= 4 is 5.78 Å². The van der Waals surface area contributed by atoms with Crippen LogP contribution in [0.5, 0.6) is 0 Å². The molecule has 82 valence electrons. The lowest BCUT2D eigenvalue weighted by Crippen LogP contribution is -2.41. The minimum atomic E-state index is -0.571. The fourth-order valence-electron chi connectivity index (χ4n) is 2.38. The number of hydrogen-bond acceptors (Lipinski definition) is 2. The second-order valence-electron chi connectivity index (χ2n) is 5.17. The van der Waals surface area contributed by atoms with Crippen LogP contribution in [0.2, 0.25) is 0 Å². The molecule has 0 aromatic heterocycles. The van der Waals surface area contributed by atoms with Gasteiger partial charge < -0.3 is 5.11 Å². The molecule has 0 radical (unpaired) electrons. The Morgan fingerprint density at radius 1 is 1.29 bits per heavy atom. The van der Waals surface area contributed by atoms with Gasteiger partial charge in [0.05, 0.1) is 5.60 Å². The number of carbonyl (C=O) groups is 1. The number of aliphatic hydroxyl groups is 1. The zero-order valence-electron chi connectivity index (χ0n) is 9.55. The van der Waals surface area contributed by atoms with Gasteiger partial charge in [-0.25, -0.2) is 0 Å². The number of rotatable bonds is 3. The number of carbonyl (C=O) groups excluding carboxylic acids is 1. The van der Waals surface area contributed by atoms with Gasteiger partial charge in [-0.1, -0.05) is 20.8 Å². The molecule has 0 amide bonds. The molecule has 2 nitrogen and oxygen atoms in total. The number of Topliss-reactive ketones (excluding diaryl/α,β-unsaturated/α-hetero) is 1. The number of ketones is 1. The van der Waals surface area contributed by atoms with Crippen molar-refractivity contribution in [1.29, 1.82) is 0 Å². The maximum Gasteiger partial charge on any atom is 0.133 e. The summed E-state index contributed by atoms with van der Waals surface area (Å²) in [7, 11) is 0. The Bertz CT molecular complexity index is 198. The van der Waals surface area contributed by atoms with Crippen LogP contribution in [0.1, 0.15) is 52.9 Å². The first kappa shape index (κ1) is 11.7. The molecular formula is C12H22O2. The first-order valence-electron chi connectivity index (χ1n) is 5.68. The largest absolute Gasteiger partial charge is 0.390 e. The third-order valence-corrected chi connectivity index (χ3v) is 3.42. The summed E-state index contributed by atoms with van der Waals surface area (Å²) >= 11 is 0. The van der Waals surface area contributed by atoms with Gasteiger partial charge >= 0.3 is 0 Å². The van der Waals surface area contributed by atoms with Gasteiger partial charge in [-0.3, -0.25) is 4.79 Å². The Morgan fingerprint density at radius 2 is 1.79 bits per heavy atom. The molecule has 14 heavy (non-hydrogen) atoms. The molecule has 0 aromatic rings. The Hall–Kier alpha value is -0.370. The molecule has 2 heteroatoms. The van der Waals surface area contributed by atoms with Crippen molar-refractivity contribution in [2.24, 2.45) is 11.8 Å². The molecule has 0 spiro atoms. The lowest BCUT2D eigenvalue weighted by atomic mass is 9.73. The Kier molecular flexibility index (Phi) is 3.71. The van der Waals surface area contributed by atoms with Crippen LogP contribution >= 0.6 is 0 Å². The van der Waals surface area contributed by atoms with Crippen LogP contribution in [0, 0.1) is 11.8 Å². The van der Waals surface area contributed by atoms with Crippen LogP contribution in [0.3, 0.4) is 0 Å². The van der Waals surface area contributed by atoms with Crippen LogP contribution < -0.4 is 0 Å². The molecule has 1 unspecified atom stereocenters. The lowest BCUT2D eigenvalue weighted by Gasteiger charge is -2.37. The molecule has 1 atom stereocenters. The third kappa shape index (κ3) is 2.81. The average molecular weight is 198 g/mol. The van der Waals surface area contributed by atoms with Crippen LogP contribution in [0.4, 0.5) is 0 Å². The molecule has 0 bridgehead atoms. The first-order chi connectivity index (χ1) is 6.44. The molecule has 1 aliphatic rings. The van der Waals surface area contributed by atoms with Crippen LogP contribution in [-0.4, -0.2) is 16.5 Å². The maximum absolute atomic E-state index is 11.1. The van der Waals surface area contributed by atoms with Crippen molar-refractivity contribution < 1.29 is 9.90 Å². The van der Waals surface area contributed by atoms with E-state index in [9.17, 15) is 9.90 Å². The van der Waals surface area contributed by atoms with Gasteiger partial charge in [0.2, 0.25) is 0 Å². The number of hydrogen-bond donors (Lipinski definition) is 1. The van der Waals surface area contributed by atoms with Crippen molar-refractivity contribution in [3.63, 3.8) is 0 Å². The van der Waals surface area contributed by atoms with Crippen molar-refractivity contribution in [3.8, 4) is 0 Å². The summed E-state index contributed by atoms with van der Waals surface area (Å²) in [5, 5.41) is 10.4. The highest BCUT2D eigenvalue weighted by Gasteiger charge is 2.37. The first-order valence-corrected chi connectivity index (χ1v) is 5.68. The maximum atomic E-state index is 11.1. The molecule has 0 aliphatic heterocycles. The third-order valence-electron chi connectivity index (χ3n) is 3.42. The molecule has 1 saturated carbocycles. The highest BCUT2D eigenvalue weighted by atomic mass is 16.3. The summed E-state index contributed by atoms with van der Waals surface area (Å²) in [5.41, 5.74) is -0.571. The van der Waals surface area contributed by atoms with E-state index in [2.05, 4.69) is 20.8 Å². The van der Waals surface area contributed by atoms with Crippen LogP contribution in [0.15, 0.2) is 0 Å². The zero-order valence-corrected chi connectivity index (χ0v) is 9.55. The van der Waals surface area contributed by atoms with Gasteiger partial charge in [0.15, 0.2) is 0 Å². The Labute approximate surface area is 86.7 Å². The molecule has 1 rings (SSSR count). The molecule has 0 saturated heterocycles. The normalized spacial score (nSPS) is 23.9. The predicted molar refractivity (Wildman–Crippen MR) is 57.0 cm³/mol. The standard InChI is InChI=1S/C12H22O2/c1-9(2)8-10(3)12(14)6-4-11(13)5-7-12/h9-10,14H,4-8H2,1-3H3. The molecular weight excluding hydrogens is 176 g/mol. The fourth-order valence-corrected chi connectivity index (χ4v) is 2.38. The van der Waals surface area contributed by atoms with Gasteiger partial charge in [-0.15, -0.1) is 0 Å². The monoisotopic (exact) mass is 198 g/mol. The van der Waals surface area contributed by atoms with E-state index < -0.39 is 5.60 Å². The molecule has 1 aliphatic carbocycles. The van der Waals surface area contributed by atoms with Gasteiger partial charge in [0.25, 0.3) is 0 Å². The highest BCUT2D eigenvalue weighted by molar-refractivity contribution is 5.79. The summed E-state index contributed by atoms with van der Waals surface area (Å²) in [6.45, 7) is 6.46. The van der Waals surface area contributed by atoms with E-state index in [0.717, 1.165) is 6.42 Å². The summed E-state index contributed by atoms with van der Waals surface area (Å²) in [5.74, 6) is 1.24. The minimum absolute atomic E-state index is 0.312. The topological polar surface area (TPSA) is 37.3 Å². The molecule has 0 aromatic carbocycles. The van der Waals surface area contributed by atoms with Gasteiger partial charge in [0, 0.05) is 12.8 Å². The van der Waals surface area contributed by atoms with E-state index >= 15 is 0 Å². The van der Waals surface area contributed by atoms with E-state index in [-0.39, 0.29) is 0 Å². The molecule has 0 heterocycles. The highest BCUT2D eigenvalue weighted by Crippen LogP contribution is 2.35. The van der Waals surface area contributed by atoms with E-state index in [1.807, 2.05) is 0 Å². The quantitative estimate of drug-likeness (QED) is 0.756. The van der Waals surface area contributed by atoms with E-state index in [1.54, 1.807) is 0 Å². The Balaban J connectivity index is 2.52. The fraction of sp³-hybridized carbons (Fsp3) is 0.917. The minimum Gasteiger partial charge on any atom is -0.390 e. The SMILES string of the molecule is CC(C)CC(C)C1(O)CCC(=O)CC1. The Morgan fingerprint density at radius 3 is 2.21 bits per heavy atom. The van der Waals surface area contributed by atoms with Crippen LogP contribution in [0.25, 0.3) is 0 Å². The van der Waals surface area contributed by atoms with Crippen molar-refractivity contribution in [1.82, 2.24) is 0 Å². The van der Waals surface area contributed by atoms with Crippen molar-refractivity contribution in [3.05, 3.63) is 0 Å². The zero-order chi connectivity index (χ0) is 10.8. The second kappa shape index (κ2) is 4.43. The summed E-state index contributed by atoms with van der Waals surface area (Å²) < 4.78 is 0. The summed E-state index contributed by atoms with van der Waals surface area (Å²) in [6, 6.07) is 0. The van der Waals surface area contributed by atoms with E-state index in [1.165, 1.54) is 0 Å². The second-order valence-corrected chi connectivity index (χ2v) is 5.17. The van der Waals surface area contributed by atoms with Crippen molar-refractivity contribution in [2.45, 2.75) is 58.5 Å². The summed E-state index contributed by atoms with van der Waals surface area (Å²) in [6.07, 6.45) is 3.52. The van der Waals surface area contributed by atoms with Crippen molar-refractivity contribution in [2.75, 3.05) is 0 Å². The average Bonchev–Trinajstić information content (AvgIpc) is 2.09. The molecule has 1 fully saturated rings. The lowest BCUT2D eigenvalue weighted by molar-refractivity contribution is -0.128. The van der Waals surface area contributed by atoms with Gasteiger partial charge in [0.1, 0.15) is 5.78 Å².